The van der Waals surface area contributed by atoms with Crippen LogP contribution in [0.2, 0.25) is 0 Å². The van der Waals surface area contributed by atoms with E-state index in [1.807, 2.05) is 0 Å². The number of fused-ring (bicyclic) bond motifs is 1. The fourth-order valence-corrected chi connectivity index (χ4v) is 3.65. The van der Waals surface area contributed by atoms with E-state index in [1.165, 1.54) is 24.3 Å². The molecule has 0 unspecified atom stereocenters. The van der Waals surface area contributed by atoms with Crippen LogP contribution in [-0.4, -0.2) is 28.8 Å². The van der Waals surface area contributed by atoms with E-state index in [2.05, 4.69) is 10.4 Å². The molecule has 0 atom stereocenters. The van der Waals surface area contributed by atoms with Crippen LogP contribution in [0.1, 0.15) is 41.0 Å². The number of hydrogen-bond donors (Lipinski definition) is 1. The lowest BCUT2D eigenvalue weighted by molar-refractivity contribution is 0.0946. The van der Waals surface area contributed by atoms with Crippen LogP contribution in [0.5, 0.6) is 5.75 Å². The molecule has 4 rings (SSSR count). The lowest BCUT2D eigenvalue weighted by atomic mass is 10.2. The Bertz CT molecular complexity index is 1010. The van der Waals surface area contributed by atoms with Crippen LogP contribution in [0, 0.1) is 11.6 Å². The molecule has 1 aliphatic carbocycles. The second-order valence-corrected chi connectivity index (χ2v) is 7.28. The molecule has 0 fully saturated rings. The molecule has 5 nitrogen and oxygen atoms in total. The van der Waals surface area contributed by atoms with Crippen LogP contribution < -0.4 is 10.1 Å². The molecule has 0 saturated heterocycles. The third-order valence-corrected chi connectivity index (χ3v) is 5.16. The highest BCUT2D eigenvalue weighted by atomic mass is 19.1. The highest BCUT2D eigenvalue weighted by Gasteiger charge is 2.26. The minimum atomic E-state index is -0.302. The van der Waals surface area contributed by atoms with E-state index < -0.39 is 0 Å². The number of ether oxygens (including phenoxy) is 1. The number of nitrogens with one attached hydrogen (secondary N) is 1. The molecule has 0 aliphatic heterocycles. The van der Waals surface area contributed by atoms with Crippen molar-refractivity contribution in [1.82, 2.24) is 15.1 Å². The number of carbonyl (C=O) groups excluding carboxylic acids is 1. The van der Waals surface area contributed by atoms with Gasteiger partial charge in [0, 0.05) is 17.8 Å². The van der Waals surface area contributed by atoms with Crippen LogP contribution >= 0.6 is 0 Å². The molecule has 30 heavy (non-hydrogen) atoms. The second-order valence-electron chi connectivity index (χ2n) is 7.28. The van der Waals surface area contributed by atoms with Crippen molar-refractivity contribution in [2.45, 2.75) is 32.1 Å². The van der Waals surface area contributed by atoms with E-state index in [9.17, 15) is 13.6 Å². The van der Waals surface area contributed by atoms with Crippen LogP contribution in [0.3, 0.4) is 0 Å². The molecule has 1 N–H and O–H groups in total. The molecule has 1 amide bonds. The van der Waals surface area contributed by atoms with Crippen molar-refractivity contribution < 1.29 is 18.3 Å². The van der Waals surface area contributed by atoms with Crippen molar-refractivity contribution in [3.8, 4) is 11.4 Å². The smallest absolute Gasteiger partial charge is 0.272 e. The molecule has 156 valence electrons. The van der Waals surface area contributed by atoms with Crippen LogP contribution in [0.25, 0.3) is 5.69 Å². The summed E-state index contributed by atoms with van der Waals surface area (Å²) >= 11 is 0. The van der Waals surface area contributed by atoms with Gasteiger partial charge in [0.2, 0.25) is 0 Å². The number of halogens is 2. The third-order valence-electron chi connectivity index (χ3n) is 5.16. The van der Waals surface area contributed by atoms with Crippen molar-refractivity contribution in [2.75, 3.05) is 13.2 Å². The average molecular weight is 411 g/mol. The molecule has 2 aromatic carbocycles. The zero-order valence-electron chi connectivity index (χ0n) is 16.5. The van der Waals surface area contributed by atoms with E-state index in [4.69, 9.17) is 4.74 Å². The maximum atomic E-state index is 13.2. The maximum absolute atomic E-state index is 13.2. The average Bonchev–Trinajstić information content (AvgIpc) is 3.35. The molecule has 1 aliphatic rings. The van der Waals surface area contributed by atoms with Gasteiger partial charge in [-0.1, -0.05) is 0 Å². The monoisotopic (exact) mass is 411 g/mol. The third kappa shape index (κ3) is 4.50. The Balaban J connectivity index is 1.30. The molecule has 0 bridgehead atoms. The number of benzene rings is 2. The van der Waals surface area contributed by atoms with Gasteiger partial charge in [0.25, 0.3) is 5.91 Å². The molecule has 0 spiro atoms. The van der Waals surface area contributed by atoms with Gasteiger partial charge in [-0.05, 0) is 80.6 Å². The summed E-state index contributed by atoms with van der Waals surface area (Å²) in [5, 5.41) is 7.45. The van der Waals surface area contributed by atoms with Gasteiger partial charge >= 0.3 is 0 Å². The molecule has 3 aromatic rings. The number of nitrogens with zero attached hydrogens (tertiary/aromatic N) is 2. The van der Waals surface area contributed by atoms with Gasteiger partial charge in [-0.15, -0.1) is 0 Å². The Labute approximate surface area is 173 Å². The summed E-state index contributed by atoms with van der Waals surface area (Å²) in [5.74, 6) is -0.155. The van der Waals surface area contributed by atoms with Crippen LogP contribution in [0.15, 0.2) is 48.5 Å². The Morgan fingerprint density at radius 3 is 2.43 bits per heavy atom. The fourth-order valence-electron chi connectivity index (χ4n) is 3.65. The minimum absolute atomic E-state index is 0.187. The molecule has 1 aromatic heterocycles. The number of hydrogen-bond acceptors (Lipinski definition) is 3. The second kappa shape index (κ2) is 9.07. The predicted molar refractivity (Wildman–Crippen MR) is 109 cm³/mol. The van der Waals surface area contributed by atoms with Gasteiger partial charge in [0.1, 0.15) is 17.4 Å². The van der Waals surface area contributed by atoms with Gasteiger partial charge in [0.15, 0.2) is 5.69 Å². The van der Waals surface area contributed by atoms with Crippen LogP contribution in [-0.2, 0) is 12.8 Å². The first-order chi connectivity index (χ1) is 14.6. The molecule has 0 saturated carbocycles. The number of unbranched alkanes of at least 4 members (excludes halogenated alkanes) is 1. The highest BCUT2D eigenvalue weighted by molar-refractivity contribution is 5.94. The van der Waals surface area contributed by atoms with Crippen molar-refractivity contribution in [2.24, 2.45) is 0 Å². The standard InChI is InChI=1S/C23H23F2N3O2/c24-16-6-10-18(11-7-16)28-21-5-3-4-20(21)22(27-28)23(29)26-14-1-2-15-30-19-12-8-17(25)9-13-19/h6-13H,1-5,14-15H2,(H,26,29). The number of rotatable bonds is 8. The molecular weight excluding hydrogens is 388 g/mol. The largest absolute Gasteiger partial charge is 0.494 e. The molecule has 1 heterocycles. The summed E-state index contributed by atoms with van der Waals surface area (Å²) < 4.78 is 33.4. The summed E-state index contributed by atoms with van der Waals surface area (Å²) in [6.45, 7) is 1.01. The van der Waals surface area contributed by atoms with Crippen molar-refractivity contribution >= 4 is 5.91 Å². The Hall–Kier alpha value is -3.22. The number of carbonyl (C=O) groups is 1. The fraction of sp³-hybridized carbons (Fsp3) is 0.304. The van der Waals surface area contributed by atoms with Gasteiger partial charge < -0.3 is 10.1 Å². The van der Waals surface area contributed by atoms with Crippen molar-refractivity contribution in [3.63, 3.8) is 0 Å². The van der Waals surface area contributed by atoms with Gasteiger partial charge in [-0.3, -0.25) is 4.79 Å². The lowest BCUT2D eigenvalue weighted by Gasteiger charge is -2.07. The SMILES string of the molecule is O=C(NCCCCOc1ccc(F)cc1)c1nn(-c2ccc(F)cc2)c2c1CCC2. The summed E-state index contributed by atoms with van der Waals surface area (Å²) in [5.41, 5.74) is 3.22. The lowest BCUT2D eigenvalue weighted by Crippen LogP contribution is -2.26. The van der Waals surface area contributed by atoms with E-state index in [0.717, 1.165) is 49.0 Å². The van der Waals surface area contributed by atoms with Gasteiger partial charge in [-0.2, -0.15) is 5.10 Å². The van der Waals surface area contributed by atoms with Gasteiger partial charge in [-0.25, -0.2) is 13.5 Å². The highest BCUT2D eigenvalue weighted by Crippen LogP contribution is 2.28. The summed E-state index contributed by atoms with van der Waals surface area (Å²) in [6, 6.07) is 12.0. The topological polar surface area (TPSA) is 56.1 Å². The Kier molecular flexibility index (Phi) is 6.07. The quantitative estimate of drug-likeness (QED) is 0.565. The summed E-state index contributed by atoms with van der Waals surface area (Å²) in [4.78, 5) is 12.7. The first kappa shape index (κ1) is 20.1. The summed E-state index contributed by atoms with van der Waals surface area (Å²) in [6.07, 6.45) is 4.18. The normalized spacial score (nSPS) is 12.6. The number of amides is 1. The molecule has 7 heteroatoms. The van der Waals surface area contributed by atoms with E-state index in [1.54, 1.807) is 28.9 Å². The number of aromatic nitrogens is 2. The van der Waals surface area contributed by atoms with E-state index >= 15 is 0 Å². The van der Waals surface area contributed by atoms with E-state index in [-0.39, 0.29) is 17.5 Å². The van der Waals surface area contributed by atoms with Crippen molar-refractivity contribution in [3.05, 3.63) is 77.1 Å². The molecular formula is C23H23F2N3O2. The van der Waals surface area contributed by atoms with Crippen LogP contribution in [0.4, 0.5) is 8.78 Å². The summed E-state index contributed by atoms with van der Waals surface area (Å²) in [7, 11) is 0. The predicted octanol–water partition coefficient (Wildman–Crippen LogP) is 4.23. The minimum Gasteiger partial charge on any atom is -0.494 e. The Morgan fingerprint density at radius 1 is 1.00 bits per heavy atom. The first-order valence-electron chi connectivity index (χ1n) is 10.1. The molecule has 0 radical (unpaired) electrons. The van der Waals surface area contributed by atoms with E-state index in [0.29, 0.717) is 24.6 Å². The Morgan fingerprint density at radius 2 is 1.70 bits per heavy atom. The zero-order chi connectivity index (χ0) is 20.9. The zero-order valence-corrected chi connectivity index (χ0v) is 16.5. The first-order valence-corrected chi connectivity index (χ1v) is 10.1. The maximum Gasteiger partial charge on any atom is 0.272 e. The van der Waals surface area contributed by atoms with Gasteiger partial charge in [0.05, 0.1) is 12.3 Å². The van der Waals surface area contributed by atoms with Crippen molar-refractivity contribution in [1.29, 1.82) is 0 Å².